The summed E-state index contributed by atoms with van der Waals surface area (Å²) in [7, 11) is 0. The van der Waals surface area contributed by atoms with Crippen molar-refractivity contribution in [3.8, 4) is 17.7 Å². The number of nitro benzene ring substituents is 1. The average Bonchev–Trinajstić information content (AvgIpc) is 2.40. The molecule has 7 heteroatoms. The molecule has 0 aliphatic rings. The minimum absolute atomic E-state index is 0.0982. The zero-order chi connectivity index (χ0) is 14.7. The molecule has 0 atom stereocenters. The van der Waals surface area contributed by atoms with Crippen LogP contribution in [0.25, 0.3) is 0 Å². The third kappa shape index (κ3) is 3.02. The Bertz CT molecular complexity index is 725. The van der Waals surface area contributed by atoms with Gasteiger partial charge in [0.05, 0.1) is 21.6 Å². The van der Waals surface area contributed by atoms with Gasteiger partial charge in [-0.1, -0.05) is 11.6 Å². The first-order valence-corrected chi connectivity index (χ1v) is 5.88. The summed E-state index contributed by atoms with van der Waals surface area (Å²) < 4.78 is 5.45. The number of pyridine rings is 1. The van der Waals surface area contributed by atoms with Crippen LogP contribution in [0, 0.1) is 28.4 Å². The number of hydrogen-bond donors (Lipinski definition) is 0. The Hall–Kier alpha value is -2.65. The molecule has 0 fully saturated rings. The van der Waals surface area contributed by atoms with Crippen molar-refractivity contribution < 1.29 is 9.66 Å². The van der Waals surface area contributed by atoms with Gasteiger partial charge in [-0.3, -0.25) is 10.1 Å². The van der Waals surface area contributed by atoms with Crippen LogP contribution >= 0.6 is 11.6 Å². The summed E-state index contributed by atoms with van der Waals surface area (Å²) in [5, 5.41) is 19.6. The molecule has 0 unspecified atom stereocenters. The first-order chi connectivity index (χ1) is 9.49. The highest BCUT2D eigenvalue weighted by atomic mass is 35.5. The topological polar surface area (TPSA) is 89.0 Å². The van der Waals surface area contributed by atoms with E-state index in [-0.39, 0.29) is 22.3 Å². The number of hydrogen-bond acceptors (Lipinski definition) is 5. The van der Waals surface area contributed by atoms with Crippen molar-refractivity contribution in [1.82, 2.24) is 4.98 Å². The van der Waals surface area contributed by atoms with Crippen LogP contribution in [0.15, 0.2) is 30.3 Å². The lowest BCUT2D eigenvalue weighted by molar-refractivity contribution is -0.384. The van der Waals surface area contributed by atoms with Crippen molar-refractivity contribution >= 4 is 17.3 Å². The summed E-state index contributed by atoms with van der Waals surface area (Å²) in [4.78, 5) is 14.2. The molecule has 1 heterocycles. The van der Waals surface area contributed by atoms with Crippen LogP contribution in [-0.2, 0) is 0 Å². The van der Waals surface area contributed by atoms with Crippen LogP contribution in [-0.4, -0.2) is 9.91 Å². The number of ether oxygens (including phenoxy) is 1. The van der Waals surface area contributed by atoms with Crippen molar-refractivity contribution in [3.05, 3.63) is 56.7 Å². The van der Waals surface area contributed by atoms with E-state index in [9.17, 15) is 10.1 Å². The first kappa shape index (κ1) is 13.8. The number of non-ortho nitro benzene ring substituents is 1. The fourth-order valence-corrected chi connectivity index (χ4v) is 1.77. The highest BCUT2D eigenvalue weighted by Crippen LogP contribution is 2.31. The molecule has 2 rings (SSSR count). The average molecular weight is 290 g/mol. The molecule has 0 radical (unpaired) electrons. The Morgan fingerprint density at radius 2 is 2.15 bits per heavy atom. The van der Waals surface area contributed by atoms with Gasteiger partial charge in [0.2, 0.25) is 5.88 Å². The first-order valence-electron chi connectivity index (χ1n) is 5.50. The predicted octanol–water partition coefficient (Wildman–Crippen LogP) is 3.62. The van der Waals surface area contributed by atoms with Gasteiger partial charge in [-0.2, -0.15) is 5.26 Å². The normalized spacial score (nSPS) is 9.85. The third-order valence-corrected chi connectivity index (χ3v) is 2.70. The fourth-order valence-electron chi connectivity index (χ4n) is 1.55. The fraction of sp³-hybridized carbons (Fsp3) is 0.0769. The van der Waals surface area contributed by atoms with Gasteiger partial charge >= 0.3 is 0 Å². The quantitative estimate of drug-likeness (QED) is 0.636. The van der Waals surface area contributed by atoms with Crippen LogP contribution < -0.4 is 4.74 Å². The molecule has 20 heavy (non-hydrogen) atoms. The Morgan fingerprint density at radius 1 is 1.40 bits per heavy atom. The largest absolute Gasteiger partial charge is 0.437 e. The van der Waals surface area contributed by atoms with Crippen molar-refractivity contribution in [2.24, 2.45) is 0 Å². The minimum Gasteiger partial charge on any atom is -0.437 e. The highest BCUT2D eigenvalue weighted by molar-refractivity contribution is 6.32. The maximum atomic E-state index is 10.6. The molecule has 0 spiro atoms. The van der Waals surface area contributed by atoms with Crippen LogP contribution in [0.5, 0.6) is 11.6 Å². The number of halogens is 1. The number of nitriles is 1. The second kappa shape index (κ2) is 5.55. The van der Waals surface area contributed by atoms with E-state index in [0.29, 0.717) is 11.3 Å². The van der Waals surface area contributed by atoms with E-state index in [2.05, 4.69) is 4.98 Å². The summed E-state index contributed by atoms with van der Waals surface area (Å²) in [5.41, 5.74) is 0.903. The van der Waals surface area contributed by atoms with E-state index < -0.39 is 4.92 Å². The molecule has 0 saturated heterocycles. The lowest BCUT2D eigenvalue weighted by Gasteiger charge is -2.07. The van der Waals surface area contributed by atoms with Crippen LogP contribution in [0.3, 0.4) is 0 Å². The van der Waals surface area contributed by atoms with Gasteiger partial charge in [0.1, 0.15) is 5.75 Å². The standard InChI is InChI=1S/C13H8ClN3O3/c1-8-4-9(7-15)5-13(16-8)20-12-3-2-10(17(18)19)6-11(12)14/h2-6H,1H3. The number of rotatable bonds is 3. The summed E-state index contributed by atoms with van der Waals surface area (Å²) in [6.45, 7) is 1.73. The lowest BCUT2D eigenvalue weighted by atomic mass is 10.2. The molecular weight excluding hydrogens is 282 g/mol. The van der Waals surface area contributed by atoms with Crippen molar-refractivity contribution in [2.45, 2.75) is 6.92 Å². The maximum Gasteiger partial charge on any atom is 0.271 e. The molecule has 100 valence electrons. The van der Waals surface area contributed by atoms with Gasteiger partial charge in [0.15, 0.2) is 0 Å². The van der Waals surface area contributed by atoms with Gasteiger partial charge in [-0.15, -0.1) is 0 Å². The molecule has 0 N–H and O–H groups in total. The van der Waals surface area contributed by atoms with Crippen LogP contribution in [0.4, 0.5) is 5.69 Å². The zero-order valence-corrected chi connectivity index (χ0v) is 11.1. The summed E-state index contributed by atoms with van der Waals surface area (Å²) in [5.74, 6) is 0.441. The second-order valence-electron chi connectivity index (χ2n) is 3.92. The van der Waals surface area contributed by atoms with Crippen molar-refractivity contribution in [2.75, 3.05) is 0 Å². The molecule has 0 aliphatic carbocycles. The highest BCUT2D eigenvalue weighted by Gasteiger charge is 2.12. The van der Waals surface area contributed by atoms with E-state index >= 15 is 0 Å². The molecule has 0 aliphatic heterocycles. The Balaban J connectivity index is 2.33. The second-order valence-corrected chi connectivity index (χ2v) is 4.33. The van der Waals surface area contributed by atoms with Crippen molar-refractivity contribution in [1.29, 1.82) is 5.26 Å². The van der Waals surface area contributed by atoms with E-state index in [1.165, 1.54) is 24.3 Å². The molecule has 0 amide bonds. The lowest BCUT2D eigenvalue weighted by Crippen LogP contribution is -1.93. The van der Waals surface area contributed by atoms with E-state index in [1.807, 2.05) is 6.07 Å². The summed E-state index contributed by atoms with van der Waals surface area (Å²) in [6.07, 6.45) is 0. The molecule has 0 bridgehead atoms. The Morgan fingerprint density at radius 3 is 2.75 bits per heavy atom. The molecule has 2 aromatic rings. The molecule has 1 aromatic heterocycles. The molecule has 6 nitrogen and oxygen atoms in total. The third-order valence-electron chi connectivity index (χ3n) is 2.40. The minimum atomic E-state index is -0.547. The van der Waals surface area contributed by atoms with Gasteiger partial charge in [0, 0.05) is 23.9 Å². The van der Waals surface area contributed by atoms with Crippen LogP contribution in [0.2, 0.25) is 5.02 Å². The maximum absolute atomic E-state index is 10.6. The van der Waals surface area contributed by atoms with Crippen LogP contribution in [0.1, 0.15) is 11.3 Å². The number of aromatic nitrogens is 1. The van der Waals surface area contributed by atoms with Crippen molar-refractivity contribution in [3.63, 3.8) is 0 Å². The zero-order valence-electron chi connectivity index (χ0n) is 10.3. The van der Waals surface area contributed by atoms with E-state index in [0.717, 1.165) is 0 Å². The number of nitro groups is 1. The smallest absolute Gasteiger partial charge is 0.271 e. The Labute approximate surface area is 119 Å². The molecule has 1 aromatic carbocycles. The van der Waals surface area contributed by atoms with Gasteiger partial charge in [-0.25, -0.2) is 4.98 Å². The Kier molecular flexibility index (Phi) is 3.82. The number of nitrogens with zero attached hydrogens (tertiary/aromatic N) is 3. The molecular formula is C13H8ClN3O3. The van der Waals surface area contributed by atoms with Gasteiger partial charge in [0.25, 0.3) is 5.69 Å². The predicted molar refractivity (Wildman–Crippen MR) is 71.9 cm³/mol. The molecule has 0 saturated carbocycles. The SMILES string of the molecule is Cc1cc(C#N)cc(Oc2ccc([N+](=O)[O-])cc2Cl)n1. The van der Waals surface area contributed by atoms with Gasteiger partial charge < -0.3 is 4.74 Å². The summed E-state index contributed by atoms with van der Waals surface area (Å²) in [6, 6.07) is 8.93. The number of aryl methyl sites for hydroxylation is 1. The van der Waals surface area contributed by atoms with E-state index in [4.69, 9.17) is 21.6 Å². The number of benzene rings is 1. The summed E-state index contributed by atoms with van der Waals surface area (Å²) >= 11 is 5.91. The van der Waals surface area contributed by atoms with E-state index in [1.54, 1.807) is 13.0 Å². The monoisotopic (exact) mass is 289 g/mol. The van der Waals surface area contributed by atoms with Gasteiger partial charge in [-0.05, 0) is 19.1 Å².